The first-order chi connectivity index (χ1) is 12.4. The third-order valence-electron chi connectivity index (χ3n) is 3.19. The molecule has 0 bridgehead atoms. The largest absolute Gasteiger partial charge is 0.469 e. The summed E-state index contributed by atoms with van der Waals surface area (Å²) in [7, 11) is 1.25. The zero-order valence-electron chi connectivity index (χ0n) is 14.2. The molecule has 0 radical (unpaired) electrons. The second-order valence-electron chi connectivity index (χ2n) is 5.27. The number of aromatic nitrogens is 2. The number of esters is 1. The number of methoxy groups -OCH3 is 1. The summed E-state index contributed by atoms with van der Waals surface area (Å²) in [6.45, 7) is 1.40. The van der Waals surface area contributed by atoms with Crippen LogP contribution in [0.3, 0.4) is 0 Å². The summed E-state index contributed by atoms with van der Waals surface area (Å²) in [6.07, 6.45) is -0.119. The van der Waals surface area contributed by atoms with Gasteiger partial charge in [0, 0.05) is 24.2 Å². The molecule has 0 unspecified atom stereocenters. The number of ketones is 1. The predicted molar refractivity (Wildman–Crippen MR) is 96.4 cm³/mol. The van der Waals surface area contributed by atoms with Gasteiger partial charge in [0.1, 0.15) is 0 Å². The van der Waals surface area contributed by atoms with E-state index in [1.54, 1.807) is 24.3 Å². The molecule has 26 heavy (non-hydrogen) atoms. The van der Waals surface area contributed by atoms with Gasteiger partial charge in [-0.15, -0.1) is 0 Å². The number of amides is 1. The van der Waals surface area contributed by atoms with E-state index in [0.717, 1.165) is 11.8 Å². The van der Waals surface area contributed by atoms with E-state index in [2.05, 4.69) is 20.0 Å². The lowest BCUT2D eigenvalue weighted by Gasteiger charge is -2.05. The number of anilines is 1. The molecule has 1 aromatic heterocycles. The van der Waals surface area contributed by atoms with Gasteiger partial charge in [-0.2, -0.15) is 0 Å². The lowest BCUT2D eigenvalue weighted by molar-refractivity contribution is -0.139. The Hall–Kier alpha value is -2.94. The van der Waals surface area contributed by atoms with Crippen LogP contribution >= 0.6 is 11.8 Å². The summed E-state index contributed by atoms with van der Waals surface area (Å²) < 4.78 is 4.55. The van der Waals surface area contributed by atoms with Crippen LogP contribution < -0.4 is 10.9 Å². The number of nitrogens with zero attached hydrogens (tertiary/aromatic N) is 1. The van der Waals surface area contributed by atoms with Gasteiger partial charge in [0.25, 0.3) is 5.56 Å². The molecule has 1 aromatic carbocycles. The van der Waals surface area contributed by atoms with Gasteiger partial charge in [-0.1, -0.05) is 11.8 Å². The van der Waals surface area contributed by atoms with Crippen LogP contribution in [-0.4, -0.2) is 40.5 Å². The zero-order valence-corrected chi connectivity index (χ0v) is 15.0. The molecule has 0 saturated carbocycles. The van der Waals surface area contributed by atoms with E-state index in [1.165, 1.54) is 20.1 Å². The number of carbonyl (C=O) groups excluding carboxylic acids is 3. The molecular formula is C17H17N3O5S. The number of benzene rings is 1. The van der Waals surface area contributed by atoms with Crippen LogP contribution in [0.25, 0.3) is 0 Å². The van der Waals surface area contributed by atoms with E-state index in [0.29, 0.717) is 11.3 Å². The maximum Gasteiger partial charge on any atom is 0.311 e. The monoisotopic (exact) mass is 375 g/mol. The van der Waals surface area contributed by atoms with Crippen molar-refractivity contribution in [1.29, 1.82) is 0 Å². The molecule has 0 fully saturated rings. The number of ether oxygens (including phenoxy) is 1. The predicted octanol–water partition coefficient (Wildman–Crippen LogP) is 1.42. The van der Waals surface area contributed by atoms with E-state index in [4.69, 9.17) is 0 Å². The lowest BCUT2D eigenvalue weighted by Crippen LogP contribution is -2.14. The first kappa shape index (κ1) is 19.4. The van der Waals surface area contributed by atoms with Crippen molar-refractivity contribution in [2.45, 2.75) is 18.5 Å². The highest BCUT2D eigenvalue weighted by Gasteiger charge is 2.11. The van der Waals surface area contributed by atoms with Gasteiger partial charge in [0.15, 0.2) is 10.9 Å². The van der Waals surface area contributed by atoms with Crippen LogP contribution in [-0.2, 0) is 20.7 Å². The summed E-state index contributed by atoms with van der Waals surface area (Å²) >= 11 is 1.06. The van der Waals surface area contributed by atoms with E-state index in [1.807, 2.05) is 0 Å². The number of carbonyl (C=O) groups is 3. The fraction of sp³-hybridized carbons (Fsp3) is 0.235. The molecule has 2 aromatic rings. The minimum Gasteiger partial charge on any atom is -0.469 e. The highest BCUT2D eigenvalue weighted by molar-refractivity contribution is 7.99. The van der Waals surface area contributed by atoms with Crippen molar-refractivity contribution in [2.75, 3.05) is 18.2 Å². The van der Waals surface area contributed by atoms with Crippen molar-refractivity contribution in [1.82, 2.24) is 9.97 Å². The Labute approximate surface area is 153 Å². The Morgan fingerprint density at radius 2 is 1.92 bits per heavy atom. The summed E-state index contributed by atoms with van der Waals surface area (Å²) in [5, 5.41) is 2.87. The maximum atomic E-state index is 12.2. The Balaban J connectivity index is 2.01. The van der Waals surface area contributed by atoms with Crippen LogP contribution in [0.15, 0.2) is 40.3 Å². The zero-order chi connectivity index (χ0) is 19.1. The highest BCUT2D eigenvalue weighted by Crippen LogP contribution is 2.16. The Morgan fingerprint density at radius 3 is 2.54 bits per heavy atom. The van der Waals surface area contributed by atoms with Gasteiger partial charge in [-0.05, 0) is 24.3 Å². The van der Waals surface area contributed by atoms with Gasteiger partial charge in [0.05, 0.1) is 25.0 Å². The van der Waals surface area contributed by atoms with Gasteiger partial charge in [-0.25, -0.2) is 4.98 Å². The lowest BCUT2D eigenvalue weighted by atomic mass is 10.1. The number of thioether (sulfide) groups is 1. The van der Waals surface area contributed by atoms with Crippen LogP contribution in [0.5, 0.6) is 0 Å². The summed E-state index contributed by atoms with van der Waals surface area (Å²) in [5.74, 6) is -0.800. The third kappa shape index (κ3) is 5.85. The smallest absolute Gasteiger partial charge is 0.311 e. The van der Waals surface area contributed by atoms with Crippen LogP contribution in [0, 0.1) is 0 Å². The number of rotatable bonds is 7. The molecule has 8 nitrogen and oxygen atoms in total. The van der Waals surface area contributed by atoms with Crippen molar-refractivity contribution >= 4 is 35.1 Å². The van der Waals surface area contributed by atoms with Crippen molar-refractivity contribution < 1.29 is 19.1 Å². The third-order valence-corrected chi connectivity index (χ3v) is 4.07. The molecule has 0 saturated heterocycles. The Kier molecular flexibility index (Phi) is 6.67. The van der Waals surface area contributed by atoms with E-state index >= 15 is 0 Å². The van der Waals surface area contributed by atoms with Crippen LogP contribution in [0.1, 0.15) is 23.0 Å². The molecule has 0 aliphatic heterocycles. The molecule has 0 aliphatic rings. The molecule has 1 amide bonds. The summed E-state index contributed by atoms with van der Waals surface area (Å²) in [4.78, 5) is 52.8. The van der Waals surface area contributed by atoms with Crippen molar-refractivity contribution in [3.63, 3.8) is 0 Å². The first-order valence-corrected chi connectivity index (χ1v) is 8.56. The first-order valence-electron chi connectivity index (χ1n) is 7.58. The fourth-order valence-electron chi connectivity index (χ4n) is 2.02. The molecular weight excluding hydrogens is 358 g/mol. The number of H-pyrrole nitrogens is 1. The van der Waals surface area contributed by atoms with Crippen molar-refractivity contribution in [3.8, 4) is 0 Å². The number of Topliss-reactive ketones (excluding diaryl/α,β-unsaturated/α-hetero) is 1. The van der Waals surface area contributed by atoms with E-state index in [-0.39, 0.29) is 34.7 Å². The van der Waals surface area contributed by atoms with Gasteiger partial charge in [0.2, 0.25) is 5.91 Å². The molecule has 2 N–H and O–H groups in total. The summed E-state index contributed by atoms with van der Waals surface area (Å²) in [5.41, 5.74) is 0.937. The van der Waals surface area contributed by atoms with Gasteiger partial charge >= 0.3 is 5.97 Å². The summed E-state index contributed by atoms with van der Waals surface area (Å²) in [6, 6.07) is 7.70. The van der Waals surface area contributed by atoms with E-state index in [9.17, 15) is 19.2 Å². The minimum atomic E-state index is -0.505. The second kappa shape index (κ2) is 8.95. The molecule has 0 aliphatic carbocycles. The van der Waals surface area contributed by atoms with Crippen molar-refractivity contribution in [2.24, 2.45) is 0 Å². The fourth-order valence-corrected chi connectivity index (χ4v) is 2.81. The van der Waals surface area contributed by atoms with Gasteiger partial charge < -0.3 is 15.0 Å². The van der Waals surface area contributed by atoms with Crippen LogP contribution in [0.4, 0.5) is 5.69 Å². The number of hydrogen-bond acceptors (Lipinski definition) is 7. The molecule has 1 heterocycles. The SMILES string of the molecule is COC(=O)Cc1cc(=O)[nH]c(SCC(=O)c2ccc(NC(C)=O)cc2)n1. The van der Waals surface area contributed by atoms with Gasteiger partial charge in [-0.3, -0.25) is 19.2 Å². The molecule has 136 valence electrons. The standard InChI is InChI=1S/C17H17N3O5S/c1-10(21)18-12-5-3-11(4-6-12)14(22)9-26-17-19-13(7-15(23)20-17)8-16(24)25-2/h3-7H,8-9H2,1-2H3,(H,18,21)(H,19,20,23). The Bertz CT molecular complexity index is 877. The Morgan fingerprint density at radius 1 is 1.23 bits per heavy atom. The average molecular weight is 375 g/mol. The maximum absolute atomic E-state index is 12.2. The quantitative estimate of drug-likeness (QED) is 0.325. The molecule has 9 heteroatoms. The van der Waals surface area contributed by atoms with Crippen molar-refractivity contribution in [3.05, 3.63) is 51.9 Å². The topological polar surface area (TPSA) is 118 Å². The number of aromatic amines is 1. The number of hydrogen-bond donors (Lipinski definition) is 2. The average Bonchev–Trinajstić information content (AvgIpc) is 2.59. The minimum absolute atomic E-state index is 0.0596. The second-order valence-corrected chi connectivity index (χ2v) is 6.23. The molecule has 2 rings (SSSR count). The van der Waals surface area contributed by atoms with E-state index < -0.39 is 11.5 Å². The molecule has 0 atom stereocenters. The van der Waals surface area contributed by atoms with Crippen LogP contribution in [0.2, 0.25) is 0 Å². The number of nitrogens with one attached hydrogen (secondary N) is 2. The molecule has 0 spiro atoms. The highest BCUT2D eigenvalue weighted by atomic mass is 32.2. The normalized spacial score (nSPS) is 10.2.